The fourth-order valence-corrected chi connectivity index (χ4v) is 3.44. The van der Waals surface area contributed by atoms with Crippen molar-refractivity contribution in [3.05, 3.63) is 41.2 Å². The Bertz CT molecular complexity index is 900. The SMILES string of the molecule is N#Cc1cc(Nc2ncc3c(n2)CCCCC3=O)cc(OCC2CCC2)c1. The summed E-state index contributed by atoms with van der Waals surface area (Å²) in [7, 11) is 0. The number of nitrogens with zero attached hydrogens (tertiary/aromatic N) is 3. The molecule has 0 saturated heterocycles. The first-order valence-corrected chi connectivity index (χ1v) is 9.55. The maximum absolute atomic E-state index is 12.1. The highest BCUT2D eigenvalue weighted by atomic mass is 16.5. The van der Waals surface area contributed by atoms with Gasteiger partial charge in [-0.2, -0.15) is 5.26 Å². The first kappa shape index (κ1) is 17.5. The normalized spacial score (nSPS) is 16.6. The Labute approximate surface area is 158 Å². The summed E-state index contributed by atoms with van der Waals surface area (Å²) in [6.45, 7) is 0.686. The first-order chi connectivity index (χ1) is 13.2. The van der Waals surface area contributed by atoms with Crippen LogP contribution in [0.4, 0.5) is 11.6 Å². The van der Waals surface area contributed by atoms with Gasteiger partial charge in [0.2, 0.25) is 5.95 Å². The molecule has 0 aliphatic heterocycles. The molecule has 0 amide bonds. The van der Waals surface area contributed by atoms with Gasteiger partial charge in [-0.15, -0.1) is 0 Å². The number of anilines is 2. The summed E-state index contributed by atoms with van der Waals surface area (Å²) in [4.78, 5) is 20.9. The Balaban J connectivity index is 1.53. The average Bonchev–Trinajstić information content (AvgIpc) is 2.81. The van der Waals surface area contributed by atoms with E-state index in [0.717, 1.165) is 25.0 Å². The highest BCUT2D eigenvalue weighted by Gasteiger charge is 2.19. The lowest BCUT2D eigenvalue weighted by Crippen LogP contribution is -2.19. The molecule has 0 radical (unpaired) electrons. The summed E-state index contributed by atoms with van der Waals surface area (Å²) >= 11 is 0. The molecule has 6 nitrogen and oxygen atoms in total. The van der Waals surface area contributed by atoms with Crippen LogP contribution in [-0.2, 0) is 6.42 Å². The molecule has 0 unspecified atom stereocenters. The third kappa shape index (κ3) is 4.08. The van der Waals surface area contributed by atoms with Crippen molar-refractivity contribution in [3.8, 4) is 11.8 Å². The largest absolute Gasteiger partial charge is 0.493 e. The lowest BCUT2D eigenvalue weighted by Gasteiger charge is -2.25. The molecule has 1 N–H and O–H groups in total. The van der Waals surface area contributed by atoms with E-state index < -0.39 is 0 Å². The zero-order chi connectivity index (χ0) is 18.6. The maximum Gasteiger partial charge on any atom is 0.227 e. The van der Waals surface area contributed by atoms with Gasteiger partial charge in [-0.25, -0.2) is 9.97 Å². The van der Waals surface area contributed by atoms with Gasteiger partial charge in [-0.1, -0.05) is 6.42 Å². The van der Waals surface area contributed by atoms with Crippen molar-refractivity contribution in [2.24, 2.45) is 5.92 Å². The van der Waals surface area contributed by atoms with E-state index in [1.807, 2.05) is 6.07 Å². The number of nitrogens with one attached hydrogen (secondary N) is 1. The maximum atomic E-state index is 12.1. The van der Waals surface area contributed by atoms with E-state index >= 15 is 0 Å². The number of Topliss-reactive ketones (excluding diaryl/α,β-unsaturated/α-hetero) is 1. The number of aryl methyl sites for hydroxylation is 1. The van der Waals surface area contributed by atoms with Crippen LogP contribution < -0.4 is 10.1 Å². The Morgan fingerprint density at radius 2 is 2.04 bits per heavy atom. The number of aromatic nitrogens is 2. The number of ketones is 1. The zero-order valence-corrected chi connectivity index (χ0v) is 15.2. The third-order valence-electron chi connectivity index (χ3n) is 5.24. The number of hydrogen-bond acceptors (Lipinski definition) is 6. The smallest absolute Gasteiger partial charge is 0.227 e. The van der Waals surface area contributed by atoms with Crippen LogP contribution in [-0.4, -0.2) is 22.4 Å². The predicted octanol–water partition coefficient (Wildman–Crippen LogP) is 4.18. The monoisotopic (exact) mass is 362 g/mol. The van der Waals surface area contributed by atoms with Crippen LogP contribution in [0.3, 0.4) is 0 Å². The van der Waals surface area contributed by atoms with Gasteiger partial charge in [0.25, 0.3) is 0 Å². The summed E-state index contributed by atoms with van der Waals surface area (Å²) in [5.74, 6) is 1.85. The van der Waals surface area contributed by atoms with Gasteiger partial charge in [0, 0.05) is 24.4 Å². The molecule has 2 aliphatic carbocycles. The second kappa shape index (κ2) is 7.75. The molecule has 1 heterocycles. The minimum Gasteiger partial charge on any atom is -0.493 e. The van der Waals surface area contributed by atoms with E-state index in [1.54, 1.807) is 18.3 Å². The fraction of sp³-hybridized carbons (Fsp3) is 0.429. The van der Waals surface area contributed by atoms with Crippen LogP contribution in [0, 0.1) is 17.2 Å². The molecule has 1 fully saturated rings. The van der Waals surface area contributed by atoms with Crippen molar-refractivity contribution >= 4 is 17.4 Å². The van der Waals surface area contributed by atoms with E-state index in [9.17, 15) is 10.1 Å². The molecule has 1 aromatic carbocycles. The third-order valence-corrected chi connectivity index (χ3v) is 5.24. The van der Waals surface area contributed by atoms with Crippen LogP contribution in [0.15, 0.2) is 24.4 Å². The van der Waals surface area contributed by atoms with Crippen molar-refractivity contribution in [2.45, 2.75) is 44.9 Å². The van der Waals surface area contributed by atoms with Gasteiger partial charge in [-0.05, 0) is 50.2 Å². The number of nitriles is 1. The number of carbonyl (C=O) groups is 1. The van der Waals surface area contributed by atoms with Crippen LogP contribution in [0.5, 0.6) is 5.75 Å². The minimum absolute atomic E-state index is 0.118. The van der Waals surface area contributed by atoms with Gasteiger partial charge in [-0.3, -0.25) is 4.79 Å². The molecule has 1 saturated carbocycles. The number of hydrogen-bond donors (Lipinski definition) is 1. The summed E-state index contributed by atoms with van der Waals surface area (Å²) < 4.78 is 5.88. The van der Waals surface area contributed by atoms with Gasteiger partial charge >= 0.3 is 0 Å². The molecule has 0 spiro atoms. The Morgan fingerprint density at radius 1 is 1.19 bits per heavy atom. The van der Waals surface area contributed by atoms with E-state index in [0.29, 0.717) is 47.5 Å². The van der Waals surface area contributed by atoms with Gasteiger partial charge in [0.05, 0.1) is 29.5 Å². The number of rotatable bonds is 5. The number of carbonyl (C=O) groups excluding carboxylic acids is 1. The first-order valence-electron chi connectivity index (χ1n) is 9.55. The van der Waals surface area contributed by atoms with Crippen molar-refractivity contribution in [1.82, 2.24) is 9.97 Å². The molecule has 6 heteroatoms. The molecule has 0 bridgehead atoms. The zero-order valence-electron chi connectivity index (χ0n) is 15.2. The van der Waals surface area contributed by atoms with E-state index in [2.05, 4.69) is 21.4 Å². The predicted molar refractivity (Wildman–Crippen MR) is 101 cm³/mol. The molecule has 2 aromatic rings. The van der Waals surface area contributed by atoms with Crippen LogP contribution in [0.1, 0.15) is 60.1 Å². The Morgan fingerprint density at radius 3 is 2.81 bits per heavy atom. The lowest BCUT2D eigenvalue weighted by atomic mass is 9.86. The summed E-state index contributed by atoms with van der Waals surface area (Å²) in [5.41, 5.74) is 2.66. The molecule has 1 aromatic heterocycles. The van der Waals surface area contributed by atoms with Crippen molar-refractivity contribution < 1.29 is 9.53 Å². The van der Waals surface area contributed by atoms with E-state index in [1.165, 1.54) is 19.3 Å². The van der Waals surface area contributed by atoms with Crippen molar-refractivity contribution in [1.29, 1.82) is 5.26 Å². The second-order valence-corrected chi connectivity index (χ2v) is 7.28. The van der Waals surface area contributed by atoms with Crippen LogP contribution in [0.25, 0.3) is 0 Å². The summed E-state index contributed by atoms with van der Waals surface area (Å²) in [5, 5.41) is 12.5. The molecular weight excluding hydrogens is 340 g/mol. The highest BCUT2D eigenvalue weighted by molar-refractivity contribution is 5.97. The van der Waals surface area contributed by atoms with Crippen LogP contribution >= 0.6 is 0 Å². The molecule has 4 rings (SSSR count). The highest BCUT2D eigenvalue weighted by Crippen LogP contribution is 2.29. The number of benzene rings is 1. The average molecular weight is 362 g/mol. The summed E-state index contributed by atoms with van der Waals surface area (Å²) in [6, 6.07) is 7.53. The Hall–Kier alpha value is -2.94. The fourth-order valence-electron chi connectivity index (χ4n) is 3.44. The topological polar surface area (TPSA) is 87.9 Å². The van der Waals surface area contributed by atoms with Gasteiger partial charge in [0.1, 0.15) is 5.75 Å². The van der Waals surface area contributed by atoms with E-state index in [4.69, 9.17) is 4.74 Å². The van der Waals surface area contributed by atoms with E-state index in [-0.39, 0.29) is 5.78 Å². The Kier molecular flexibility index (Phi) is 5.01. The lowest BCUT2D eigenvalue weighted by molar-refractivity contribution is 0.0981. The number of ether oxygens (including phenoxy) is 1. The molecule has 2 aliphatic rings. The second-order valence-electron chi connectivity index (χ2n) is 7.28. The number of fused-ring (bicyclic) bond motifs is 1. The van der Waals surface area contributed by atoms with Crippen molar-refractivity contribution in [3.63, 3.8) is 0 Å². The minimum atomic E-state index is 0.118. The standard InChI is InChI=1S/C21H22N4O2/c22-11-15-8-16(10-17(9-15)27-13-14-4-3-5-14)24-21-23-12-18-19(25-21)6-1-2-7-20(18)26/h8-10,12,14H,1-7,13H2,(H,23,24,25). The van der Waals surface area contributed by atoms with Crippen molar-refractivity contribution in [2.75, 3.05) is 11.9 Å². The molecular formula is C21H22N4O2. The van der Waals surface area contributed by atoms with Gasteiger partial charge in [0.15, 0.2) is 5.78 Å². The molecule has 0 atom stereocenters. The quantitative estimate of drug-likeness (QED) is 0.803. The molecule has 27 heavy (non-hydrogen) atoms. The van der Waals surface area contributed by atoms with Crippen LogP contribution in [0.2, 0.25) is 0 Å². The molecule has 138 valence electrons. The summed E-state index contributed by atoms with van der Waals surface area (Å²) in [6.07, 6.45) is 8.51. The van der Waals surface area contributed by atoms with Gasteiger partial charge < -0.3 is 10.1 Å².